The maximum atomic E-state index is 11.7. The van der Waals surface area contributed by atoms with E-state index in [1.807, 2.05) is 0 Å². The second-order valence-corrected chi connectivity index (χ2v) is 3.85. The number of carbonyl (C=O) groups excluding carboxylic acids is 1. The number of rotatable bonds is 3. The molecule has 0 unspecified atom stereocenters. The highest BCUT2D eigenvalue weighted by atomic mass is 79.9. The number of pyridine rings is 1. The van der Waals surface area contributed by atoms with Crippen molar-refractivity contribution >= 4 is 21.8 Å². The lowest BCUT2D eigenvalue weighted by Crippen LogP contribution is -2.23. The Balaban J connectivity index is 2.01. The molecule has 6 heteroatoms. The summed E-state index contributed by atoms with van der Waals surface area (Å²) in [6, 6.07) is 3.43. The van der Waals surface area contributed by atoms with Gasteiger partial charge in [0.15, 0.2) is 0 Å². The van der Waals surface area contributed by atoms with E-state index < -0.39 is 0 Å². The van der Waals surface area contributed by atoms with Crippen LogP contribution in [0.3, 0.4) is 0 Å². The van der Waals surface area contributed by atoms with E-state index in [2.05, 4.69) is 36.2 Å². The number of imidazole rings is 1. The van der Waals surface area contributed by atoms with E-state index >= 15 is 0 Å². The van der Waals surface area contributed by atoms with Crippen LogP contribution in [0.2, 0.25) is 0 Å². The second-order valence-electron chi connectivity index (χ2n) is 3.10. The topological polar surface area (TPSA) is 70.7 Å². The number of aromatic amines is 1. The number of hydrogen-bond acceptors (Lipinski definition) is 3. The molecule has 0 aliphatic heterocycles. The van der Waals surface area contributed by atoms with Crippen LogP contribution < -0.4 is 5.32 Å². The molecule has 0 spiro atoms. The van der Waals surface area contributed by atoms with Crippen LogP contribution in [-0.4, -0.2) is 20.9 Å². The first-order valence-corrected chi connectivity index (χ1v) is 5.42. The lowest BCUT2D eigenvalue weighted by molar-refractivity contribution is 0.0949. The van der Waals surface area contributed by atoms with Crippen LogP contribution in [-0.2, 0) is 6.54 Å². The molecule has 2 heterocycles. The van der Waals surface area contributed by atoms with Crippen LogP contribution >= 0.6 is 15.9 Å². The van der Waals surface area contributed by atoms with Crippen molar-refractivity contribution in [3.63, 3.8) is 0 Å². The molecule has 0 atom stereocenters. The number of amides is 1. The summed E-state index contributed by atoms with van der Waals surface area (Å²) in [7, 11) is 0. The first-order chi connectivity index (χ1) is 7.77. The zero-order valence-electron chi connectivity index (χ0n) is 8.27. The molecule has 0 aliphatic carbocycles. The van der Waals surface area contributed by atoms with Gasteiger partial charge >= 0.3 is 0 Å². The molecule has 82 valence electrons. The highest BCUT2D eigenvalue weighted by molar-refractivity contribution is 9.10. The Morgan fingerprint density at radius 1 is 1.56 bits per heavy atom. The van der Waals surface area contributed by atoms with Crippen molar-refractivity contribution in [1.29, 1.82) is 0 Å². The molecular formula is C10H9BrN4O. The summed E-state index contributed by atoms with van der Waals surface area (Å²) in [5.41, 5.74) is 1.37. The number of halogens is 1. The van der Waals surface area contributed by atoms with Gasteiger partial charge in [-0.2, -0.15) is 0 Å². The number of nitrogens with one attached hydrogen (secondary N) is 2. The molecule has 2 N–H and O–H groups in total. The Labute approximate surface area is 100 Å². The SMILES string of the molecule is O=C(NCc1cnc[nH]1)c1cccnc1Br. The zero-order chi connectivity index (χ0) is 11.4. The average molecular weight is 281 g/mol. The van der Waals surface area contributed by atoms with Crippen molar-refractivity contribution in [2.75, 3.05) is 0 Å². The van der Waals surface area contributed by atoms with Crippen LogP contribution in [0.5, 0.6) is 0 Å². The van der Waals surface area contributed by atoms with Gasteiger partial charge in [-0.15, -0.1) is 0 Å². The number of carbonyl (C=O) groups is 1. The van der Waals surface area contributed by atoms with Crippen LogP contribution in [0, 0.1) is 0 Å². The Morgan fingerprint density at radius 2 is 2.44 bits per heavy atom. The van der Waals surface area contributed by atoms with Crippen molar-refractivity contribution < 1.29 is 4.79 Å². The summed E-state index contributed by atoms with van der Waals surface area (Å²) >= 11 is 3.22. The summed E-state index contributed by atoms with van der Waals surface area (Å²) in [6.07, 6.45) is 4.86. The number of hydrogen-bond donors (Lipinski definition) is 2. The van der Waals surface area contributed by atoms with Crippen molar-refractivity contribution in [1.82, 2.24) is 20.3 Å². The third-order valence-corrected chi connectivity index (χ3v) is 2.63. The summed E-state index contributed by atoms with van der Waals surface area (Å²) in [5, 5.41) is 2.76. The van der Waals surface area contributed by atoms with Gasteiger partial charge in [-0.05, 0) is 28.1 Å². The third-order valence-electron chi connectivity index (χ3n) is 2.00. The molecule has 0 aliphatic rings. The molecule has 0 bridgehead atoms. The molecule has 0 saturated heterocycles. The minimum Gasteiger partial charge on any atom is -0.347 e. The highest BCUT2D eigenvalue weighted by Gasteiger charge is 2.09. The maximum absolute atomic E-state index is 11.7. The van der Waals surface area contributed by atoms with Gasteiger partial charge in [0, 0.05) is 12.4 Å². The zero-order valence-corrected chi connectivity index (χ0v) is 9.86. The van der Waals surface area contributed by atoms with E-state index in [4.69, 9.17) is 0 Å². The minimum atomic E-state index is -0.172. The summed E-state index contributed by atoms with van der Waals surface area (Å²) in [6.45, 7) is 0.417. The number of H-pyrrole nitrogens is 1. The van der Waals surface area contributed by atoms with Gasteiger partial charge in [0.25, 0.3) is 5.91 Å². The Bertz CT molecular complexity index is 483. The predicted molar refractivity (Wildman–Crippen MR) is 61.7 cm³/mol. The van der Waals surface area contributed by atoms with E-state index in [9.17, 15) is 4.79 Å². The smallest absolute Gasteiger partial charge is 0.254 e. The molecule has 1 amide bonds. The summed E-state index contributed by atoms with van der Waals surface area (Å²) in [4.78, 5) is 22.5. The molecule has 2 rings (SSSR count). The fraction of sp³-hybridized carbons (Fsp3) is 0.100. The van der Waals surface area contributed by atoms with Gasteiger partial charge < -0.3 is 10.3 Å². The molecule has 0 radical (unpaired) electrons. The summed E-state index contributed by atoms with van der Waals surface area (Å²) < 4.78 is 0.539. The highest BCUT2D eigenvalue weighted by Crippen LogP contribution is 2.12. The molecular weight excluding hydrogens is 272 g/mol. The molecule has 0 fully saturated rings. The normalized spacial score (nSPS) is 10.1. The monoisotopic (exact) mass is 280 g/mol. The van der Waals surface area contributed by atoms with E-state index in [-0.39, 0.29) is 5.91 Å². The number of nitrogens with zero attached hydrogens (tertiary/aromatic N) is 2. The standard InChI is InChI=1S/C10H9BrN4O/c11-9-8(2-1-3-13-9)10(16)14-5-7-4-12-6-15-7/h1-4,6H,5H2,(H,12,15)(H,14,16). The lowest BCUT2D eigenvalue weighted by Gasteiger charge is -2.04. The Morgan fingerprint density at radius 3 is 3.12 bits per heavy atom. The van der Waals surface area contributed by atoms with E-state index in [1.165, 1.54) is 0 Å². The third kappa shape index (κ3) is 2.46. The van der Waals surface area contributed by atoms with Crippen LogP contribution in [0.25, 0.3) is 0 Å². The van der Waals surface area contributed by atoms with Gasteiger partial charge in [-0.25, -0.2) is 9.97 Å². The molecule has 2 aromatic heterocycles. The van der Waals surface area contributed by atoms with Crippen molar-refractivity contribution in [2.45, 2.75) is 6.54 Å². The molecule has 16 heavy (non-hydrogen) atoms. The van der Waals surface area contributed by atoms with Gasteiger partial charge in [0.1, 0.15) is 4.60 Å². The predicted octanol–water partition coefficient (Wildman–Crippen LogP) is 1.50. The summed E-state index contributed by atoms with van der Waals surface area (Å²) in [5.74, 6) is -0.172. The first-order valence-electron chi connectivity index (χ1n) is 4.63. The van der Waals surface area contributed by atoms with Gasteiger partial charge in [-0.3, -0.25) is 4.79 Å². The Kier molecular flexibility index (Phi) is 3.31. The molecule has 5 nitrogen and oxygen atoms in total. The average Bonchev–Trinajstić information content (AvgIpc) is 2.79. The van der Waals surface area contributed by atoms with Gasteiger partial charge in [-0.1, -0.05) is 0 Å². The van der Waals surface area contributed by atoms with Crippen LogP contribution in [0.1, 0.15) is 16.1 Å². The fourth-order valence-corrected chi connectivity index (χ4v) is 1.64. The van der Waals surface area contributed by atoms with Crippen LogP contribution in [0.15, 0.2) is 35.5 Å². The van der Waals surface area contributed by atoms with Crippen molar-refractivity contribution in [3.05, 3.63) is 46.7 Å². The van der Waals surface area contributed by atoms with Crippen molar-refractivity contribution in [3.8, 4) is 0 Å². The largest absolute Gasteiger partial charge is 0.347 e. The lowest BCUT2D eigenvalue weighted by atomic mass is 10.2. The molecule has 2 aromatic rings. The number of aromatic nitrogens is 3. The van der Waals surface area contributed by atoms with Crippen molar-refractivity contribution in [2.24, 2.45) is 0 Å². The first kappa shape index (κ1) is 10.8. The maximum Gasteiger partial charge on any atom is 0.254 e. The molecule has 0 saturated carbocycles. The fourth-order valence-electron chi connectivity index (χ4n) is 1.21. The van der Waals surface area contributed by atoms with E-state index in [1.54, 1.807) is 30.9 Å². The van der Waals surface area contributed by atoms with Gasteiger partial charge in [0.2, 0.25) is 0 Å². The quantitative estimate of drug-likeness (QED) is 0.837. The van der Waals surface area contributed by atoms with E-state index in [0.717, 1.165) is 5.69 Å². The van der Waals surface area contributed by atoms with Gasteiger partial charge in [0.05, 0.1) is 24.1 Å². The minimum absolute atomic E-state index is 0.172. The van der Waals surface area contributed by atoms with E-state index in [0.29, 0.717) is 16.7 Å². The Hall–Kier alpha value is -1.69. The molecule has 0 aromatic carbocycles. The van der Waals surface area contributed by atoms with Crippen LogP contribution in [0.4, 0.5) is 0 Å². The second kappa shape index (κ2) is 4.89.